The number of hydrogen-bond acceptors (Lipinski definition) is 3. The molecule has 2 aromatic rings. The highest BCUT2D eigenvalue weighted by Crippen LogP contribution is 2.32. The lowest BCUT2D eigenvalue weighted by Crippen LogP contribution is -2.17. The highest BCUT2D eigenvalue weighted by atomic mass is 127. The lowest BCUT2D eigenvalue weighted by Gasteiger charge is -2.20. The number of nitrogens with zero attached hydrogens (tertiary/aromatic N) is 2. The number of hydrogen-bond donors (Lipinski definition) is 0. The first-order valence-corrected chi connectivity index (χ1v) is 8.08. The first-order chi connectivity index (χ1) is 9.74. The largest absolute Gasteiger partial charge is 0.496 e. The Kier molecular flexibility index (Phi) is 4.78. The van der Waals surface area contributed by atoms with Crippen molar-refractivity contribution in [1.82, 2.24) is 9.97 Å². The monoisotopic (exact) mass is 416 g/mol. The SMILES string of the molecule is COc1ccc(-c2nc(Cl)c(I)c(C(C)(C)C)n2)cc1C. The number of aromatic nitrogens is 2. The van der Waals surface area contributed by atoms with Crippen LogP contribution in [0.25, 0.3) is 11.4 Å². The van der Waals surface area contributed by atoms with Crippen LogP contribution in [0.2, 0.25) is 5.15 Å². The third kappa shape index (κ3) is 3.48. The van der Waals surface area contributed by atoms with Crippen molar-refractivity contribution < 1.29 is 4.74 Å². The molecule has 1 aromatic carbocycles. The molecule has 0 atom stereocenters. The van der Waals surface area contributed by atoms with Crippen LogP contribution < -0.4 is 4.74 Å². The minimum atomic E-state index is -0.0840. The number of halogens is 2. The van der Waals surface area contributed by atoms with Crippen LogP contribution in [0.4, 0.5) is 0 Å². The van der Waals surface area contributed by atoms with Crippen LogP contribution in [0, 0.1) is 10.5 Å². The molecule has 0 amide bonds. The van der Waals surface area contributed by atoms with Gasteiger partial charge in [0.25, 0.3) is 0 Å². The van der Waals surface area contributed by atoms with Crippen molar-refractivity contribution in [3.05, 3.63) is 38.2 Å². The molecule has 0 radical (unpaired) electrons. The minimum Gasteiger partial charge on any atom is -0.496 e. The van der Waals surface area contributed by atoms with E-state index in [4.69, 9.17) is 21.3 Å². The molecule has 1 heterocycles. The molecular weight excluding hydrogens is 399 g/mol. The van der Waals surface area contributed by atoms with Gasteiger partial charge in [-0.15, -0.1) is 0 Å². The summed E-state index contributed by atoms with van der Waals surface area (Å²) in [6.45, 7) is 8.37. The van der Waals surface area contributed by atoms with Gasteiger partial charge in [0.15, 0.2) is 5.82 Å². The molecular formula is C16H18ClIN2O. The number of benzene rings is 1. The Morgan fingerprint density at radius 3 is 2.38 bits per heavy atom. The smallest absolute Gasteiger partial charge is 0.161 e. The maximum atomic E-state index is 6.29. The van der Waals surface area contributed by atoms with Crippen molar-refractivity contribution in [3.63, 3.8) is 0 Å². The molecule has 0 N–H and O–H groups in total. The average Bonchev–Trinajstić information content (AvgIpc) is 2.40. The second-order valence-corrected chi connectivity index (χ2v) is 7.37. The second kappa shape index (κ2) is 6.08. The molecule has 0 fully saturated rings. The first kappa shape index (κ1) is 16.5. The fourth-order valence-electron chi connectivity index (χ4n) is 2.06. The standard InChI is InChI=1S/C16H18ClIN2O/c1-9-8-10(6-7-11(9)21-5)15-19-13(16(2,3)4)12(18)14(17)20-15/h6-8H,1-5H3. The molecule has 2 rings (SSSR count). The molecule has 0 aliphatic rings. The Labute approximate surface area is 144 Å². The molecule has 0 saturated heterocycles. The zero-order chi connectivity index (χ0) is 15.8. The summed E-state index contributed by atoms with van der Waals surface area (Å²) >= 11 is 8.50. The van der Waals surface area contributed by atoms with Gasteiger partial charge in [0.1, 0.15) is 10.9 Å². The van der Waals surface area contributed by atoms with Crippen LogP contribution in [0.1, 0.15) is 32.0 Å². The summed E-state index contributed by atoms with van der Waals surface area (Å²) in [7, 11) is 1.66. The van der Waals surface area contributed by atoms with E-state index in [1.807, 2.05) is 25.1 Å². The summed E-state index contributed by atoms with van der Waals surface area (Å²) in [5.41, 5.74) is 2.87. The van der Waals surface area contributed by atoms with Gasteiger partial charge in [-0.05, 0) is 53.3 Å². The van der Waals surface area contributed by atoms with E-state index in [-0.39, 0.29) is 5.41 Å². The maximum absolute atomic E-state index is 6.29. The van der Waals surface area contributed by atoms with Crippen LogP contribution in [0.15, 0.2) is 18.2 Å². The molecule has 0 spiro atoms. The van der Waals surface area contributed by atoms with Crippen molar-refractivity contribution in [1.29, 1.82) is 0 Å². The third-order valence-corrected chi connectivity index (χ3v) is 4.79. The molecule has 3 nitrogen and oxygen atoms in total. The van der Waals surface area contributed by atoms with Crippen molar-refractivity contribution in [2.75, 3.05) is 7.11 Å². The quantitative estimate of drug-likeness (QED) is 0.509. The molecule has 21 heavy (non-hydrogen) atoms. The van der Waals surface area contributed by atoms with Crippen LogP contribution >= 0.6 is 34.2 Å². The topological polar surface area (TPSA) is 35.0 Å². The highest BCUT2D eigenvalue weighted by molar-refractivity contribution is 14.1. The molecule has 0 unspecified atom stereocenters. The summed E-state index contributed by atoms with van der Waals surface area (Å²) in [5, 5.41) is 0.499. The summed E-state index contributed by atoms with van der Waals surface area (Å²) in [4.78, 5) is 9.15. The predicted octanol–water partition coefficient (Wildman–Crippen LogP) is 5.02. The molecule has 1 aromatic heterocycles. The van der Waals surface area contributed by atoms with Crippen LogP contribution in [0.5, 0.6) is 5.75 Å². The van der Waals surface area contributed by atoms with Gasteiger partial charge in [-0.25, -0.2) is 9.97 Å². The van der Waals surface area contributed by atoms with Gasteiger partial charge in [0.05, 0.1) is 16.4 Å². The lowest BCUT2D eigenvalue weighted by atomic mass is 9.92. The van der Waals surface area contributed by atoms with E-state index in [1.165, 1.54) is 0 Å². The van der Waals surface area contributed by atoms with E-state index in [9.17, 15) is 0 Å². The fourth-order valence-corrected chi connectivity index (χ4v) is 3.28. The van der Waals surface area contributed by atoms with Crippen molar-refractivity contribution in [2.24, 2.45) is 0 Å². The zero-order valence-corrected chi connectivity index (χ0v) is 15.7. The average molecular weight is 417 g/mol. The summed E-state index contributed by atoms with van der Waals surface area (Å²) in [6, 6.07) is 5.90. The maximum Gasteiger partial charge on any atom is 0.161 e. The Hall–Kier alpha value is -0.880. The van der Waals surface area contributed by atoms with Gasteiger partial charge in [-0.1, -0.05) is 32.4 Å². The second-order valence-electron chi connectivity index (χ2n) is 5.94. The fraction of sp³-hybridized carbons (Fsp3) is 0.375. The Morgan fingerprint density at radius 2 is 1.86 bits per heavy atom. The van der Waals surface area contributed by atoms with Gasteiger partial charge in [0, 0.05) is 11.0 Å². The predicted molar refractivity (Wildman–Crippen MR) is 95.2 cm³/mol. The lowest BCUT2D eigenvalue weighted by molar-refractivity contribution is 0.412. The number of rotatable bonds is 2. The Morgan fingerprint density at radius 1 is 1.19 bits per heavy atom. The van der Waals surface area contributed by atoms with E-state index >= 15 is 0 Å². The summed E-state index contributed by atoms with van der Waals surface area (Å²) in [6.07, 6.45) is 0. The van der Waals surface area contributed by atoms with E-state index in [0.29, 0.717) is 11.0 Å². The van der Waals surface area contributed by atoms with E-state index in [1.54, 1.807) is 7.11 Å². The number of ether oxygens (including phenoxy) is 1. The molecule has 0 saturated carbocycles. The van der Waals surface area contributed by atoms with Gasteiger partial charge < -0.3 is 4.74 Å². The van der Waals surface area contributed by atoms with Crippen molar-refractivity contribution >= 4 is 34.2 Å². The van der Waals surface area contributed by atoms with Crippen LogP contribution in [0.3, 0.4) is 0 Å². The summed E-state index contributed by atoms with van der Waals surface area (Å²) < 4.78 is 6.20. The number of methoxy groups -OCH3 is 1. The van der Waals surface area contributed by atoms with E-state index < -0.39 is 0 Å². The van der Waals surface area contributed by atoms with E-state index in [2.05, 4.69) is 48.3 Å². The molecule has 0 aliphatic heterocycles. The highest BCUT2D eigenvalue weighted by Gasteiger charge is 2.23. The molecule has 112 valence electrons. The summed E-state index contributed by atoms with van der Waals surface area (Å²) in [5.74, 6) is 1.50. The molecule has 0 bridgehead atoms. The third-order valence-electron chi connectivity index (χ3n) is 3.17. The zero-order valence-electron chi connectivity index (χ0n) is 12.8. The van der Waals surface area contributed by atoms with E-state index in [0.717, 1.165) is 26.1 Å². The van der Waals surface area contributed by atoms with Gasteiger partial charge in [0.2, 0.25) is 0 Å². The van der Waals surface area contributed by atoms with Crippen LogP contribution in [-0.4, -0.2) is 17.1 Å². The van der Waals surface area contributed by atoms with Crippen molar-refractivity contribution in [2.45, 2.75) is 33.1 Å². The van der Waals surface area contributed by atoms with Gasteiger partial charge in [-0.3, -0.25) is 0 Å². The minimum absolute atomic E-state index is 0.0840. The Balaban J connectivity index is 2.60. The van der Waals surface area contributed by atoms with Gasteiger partial charge in [-0.2, -0.15) is 0 Å². The van der Waals surface area contributed by atoms with Gasteiger partial charge >= 0.3 is 0 Å². The number of aryl methyl sites for hydroxylation is 1. The molecule has 5 heteroatoms. The normalized spacial score (nSPS) is 11.6. The van der Waals surface area contributed by atoms with Crippen LogP contribution in [-0.2, 0) is 5.41 Å². The Bertz CT molecular complexity index is 681. The van der Waals surface area contributed by atoms with Crippen molar-refractivity contribution in [3.8, 4) is 17.1 Å². The molecule has 0 aliphatic carbocycles. The first-order valence-electron chi connectivity index (χ1n) is 6.62.